The number of imide groups is 1. The number of hydrogen-bond donors (Lipinski definition) is 1. The average Bonchev–Trinajstić information content (AvgIpc) is 3.32. The Morgan fingerprint density at radius 3 is 2.72 bits per heavy atom. The Bertz CT molecular complexity index is 800. The number of nitrogens with zero attached hydrogens (tertiary/aromatic N) is 3. The normalized spacial score (nSPS) is 23.2. The molecule has 3 amide bonds. The smallest absolute Gasteiger partial charge is 0.325 e. The van der Waals surface area contributed by atoms with Crippen LogP contribution in [0.2, 0.25) is 0 Å². The van der Waals surface area contributed by atoms with E-state index >= 15 is 0 Å². The van der Waals surface area contributed by atoms with Gasteiger partial charge in [-0.1, -0.05) is 30.3 Å². The molecule has 2 heterocycles. The zero-order valence-corrected chi connectivity index (χ0v) is 14.1. The summed E-state index contributed by atoms with van der Waals surface area (Å²) in [6.07, 6.45) is 3.36. The Labute approximate surface area is 145 Å². The highest BCUT2D eigenvalue weighted by Gasteiger charge is 2.47. The molecule has 1 aliphatic carbocycles. The number of carbonyl (C=O) groups is 2. The first-order valence-electron chi connectivity index (χ1n) is 8.55. The molecule has 2 aliphatic rings. The highest BCUT2D eigenvalue weighted by Crippen LogP contribution is 2.39. The van der Waals surface area contributed by atoms with Crippen LogP contribution in [0.15, 0.2) is 34.7 Å². The molecular weight excluding hydrogens is 320 g/mol. The van der Waals surface area contributed by atoms with Gasteiger partial charge in [-0.25, -0.2) is 4.79 Å². The van der Waals surface area contributed by atoms with Crippen LogP contribution in [0.3, 0.4) is 0 Å². The van der Waals surface area contributed by atoms with Gasteiger partial charge in [0.2, 0.25) is 11.8 Å². The highest BCUT2D eigenvalue weighted by atomic mass is 16.4. The Morgan fingerprint density at radius 2 is 2.00 bits per heavy atom. The molecular formula is C18H20N4O3. The lowest BCUT2D eigenvalue weighted by atomic mass is 9.93. The summed E-state index contributed by atoms with van der Waals surface area (Å²) in [5.74, 6) is 1.01. The number of benzene rings is 1. The topological polar surface area (TPSA) is 88.3 Å². The summed E-state index contributed by atoms with van der Waals surface area (Å²) in [5, 5.41) is 10.8. The van der Waals surface area contributed by atoms with Crippen LogP contribution in [0.5, 0.6) is 0 Å². The van der Waals surface area contributed by atoms with Crippen molar-refractivity contribution in [1.29, 1.82) is 0 Å². The fourth-order valence-electron chi connectivity index (χ4n) is 3.06. The fourth-order valence-corrected chi connectivity index (χ4v) is 3.06. The lowest BCUT2D eigenvalue weighted by Crippen LogP contribution is -2.44. The summed E-state index contributed by atoms with van der Waals surface area (Å²) in [7, 11) is 0. The van der Waals surface area contributed by atoms with Crippen molar-refractivity contribution < 1.29 is 14.0 Å². The van der Waals surface area contributed by atoms with Gasteiger partial charge in [0.05, 0.1) is 0 Å². The molecule has 1 unspecified atom stereocenters. The van der Waals surface area contributed by atoms with Crippen LogP contribution < -0.4 is 5.32 Å². The molecule has 1 aliphatic heterocycles. The van der Waals surface area contributed by atoms with E-state index in [9.17, 15) is 9.59 Å². The molecule has 4 rings (SSSR count). The van der Waals surface area contributed by atoms with E-state index < -0.39 is 11.6 Å². The standard InChI is InChI=1S/C18H20N4O3/c1-18(10-9-12-5-3-2-4-6-12)16(23)22(17(24)19-18)11-14-20-21-15(25-14)13-7-8-13/h2-6,13H,7-11H2,1H3,(H,19,24). The molecule has 1 aromatic carbocycles. The summed E-state index contributed by atoms with van der Waals surface area (Å²) in [4.78, 5) is 26.2. The fraction of sp³-hybridized carbons (Fsp3) is 0.444. The summed E-state index contributed by atoms with van der Waals surface area (Å²) in [5.41, 5.74) is 0.224. The second kappa shape index (κ2) is 5.98. The second-order valence-electron chi connectivity index (χ2n) is 6.95. The number of aryl methyl sites for hydroxylation is 1. The second-order valence-corrected chi connectivity index (χ2v) is 6.95. The lowest BCUT2D eigenvalue weighted by Gasteiger charge is -2.21. The number of amides is 3. The molecule has 0 radical (unpaired) electrons. The first-order valence-corrected chi connectivity index (χ1v) is 8.55. The molecule has 130 valence electrons. The van der Waals surface area contributed by atoms with Crippen molar-refractivity contribution >= 4 is 11.9 Å². The van der Waals surface area contributed by atoms with Crippen LogP contribution in [-0.2, 0) is 17.8 Å². The van der Waals surface area contributed by atoms with Crippen LogP contribution in [0.4, 0.5) is 4.79 Å². The average molecular weight is 340 g/mol. The first-order chi connectivity index (χ1) is 12.0. The van der Waals surface area contributed by atoms with Gasteiger partial charge in [-0.3, -0.25) is 9.69 Å². The van der Waals surface area contributed by atoms with Crippen molar-refractivity contribution in [1.82, 2.24) is 20.4 Å². The van der Waals surface area contributed by atoms with Crippen LogP contribution in [0, 0.1) is 0 Å². The molecule has 1 N–H and O–H groups in total. The quantitative estimate of drug-likeness (QED) is 0.816. The predicted octanol–water partition coefficient (Wildman–Crippen LogP) is 2.39. The van der Waals surface area contributed by atoms with Crippen LogP contribution in [0.1, 0.15) is 49.4 Å². The molecule has 7 nitrogen and oxygen atoms in total. The van der Waals surface area contributed by atoms with E-state index in [0.29, 0.717) is 30.5 Å². The maximum atomic E-state index is 12.8. The monoisotopic (exact) mass is 340 g/mol. The third-order valence-corrected chi connectivity index (χ3v) is 4.80. The van der Waals surface area contributed by atoms with Crippen molar-refractivity contribution in [3.63, 3.8) is 0 Å². The van der Waals surface area contributed by atoms with E-state index in [-0.39, 0.29) is 12.5 Å². The number of rotatable bonds is 6. The Hall–Kier alpha value is -2.70. The van der Waals surface area contributed by atoms with E-state index in [2.05, 4.69) is 15.5 Å². The molecule has 1 aromatic heterocycles. The highest BCUT2D eigenvalue weighted by molar-refractivity contribution is 6.06. The van der Waals surface area contributed by atoms with Gasteiger partial charge in [0.1, 0.15) is 12.1 Å². The SMILES string of the molecule is CC1(CCc2ccccc2)NC(=O)N(Cc2nnc(C3CC3)o2)C1=O. The van der Waals surface area contributed by atoms with Gasteiger partial charge in [0, 0.05) is 5.92 Å². The zero-order chi connectivity index (χ0) is 17.4. The van der Waals surface area contributed by atoms with Gasteiger partial charge in [-0.2, -0.15) is 0 Å². The summed E-state index contributed by atoms with van der Waals surface area (Å²) in [6.45, 7) is 1.78. The number of hydrogen-bond acceptors (Lipinski definition) is 5. The Morgan fingerprint density at radius 1 is 1.24 bits per heavy atom. The van der Waals surface area contributed by atoms with Crippen molar-refractivity contribution in [2.75, 3.05) is 0 Å². The maximum Gasteiger partial charge on any atom is 0.325 e. The van der Waals surface area contributed by atoms with Crippen LogP contribution in [0.25, 0.3) is 0 Å². The molecule has 7 heteroatoms. The van der Waals surface area contributed by atoms with Gasteiger partial charge >= 0.3 is 6.03 Å². The van der Waals surface area contributed by atoms with Gasteiger partial charge in [-0.15, -0.1) is 10.2 Å². The molecule has 2 aromatic rings. The van der Waals surface area contributed by atoms with E-state index in [1.165, 1.54) is 0 Å². The Kier molecular flexibility index (Phi) is 3.78. The number of nitrogens with one attached hydrogen (secondary N) is 1. The number of carbonyl (C=O) groups excluding carboxylic acids is 2. The van der Waals surface area contributed by atoms with Crippen molar-refractivity contribution in [3.05, 3.63) is 47.7 Å². The van der Waals surface area contributed by atoms with E-state index in [0.717, 1.165) is 23.3 Å². The minimum atomic E-state index is -0.910. The van der Waals surface area contributed by atoms with Crippen molar-refractivity contribution in [3.8, 4) is 0 Å². The summed E-state index contributed by atoms with van der Waals surface area (Å²) < 4.78 is 5.57. The minimum absolute atomic E-state index is 0.0192. The molecule has 1 atom stereocenters. The zero-order valence-electron chi connectivity index (χ0n) is 14.1. The molecule has 0 bridgehead atoms. The van der Waals surface area contributed by atoms with Crippen molar-refractivity contribution in [2.24, 2.45) is 0 Å². The van der Waals surface area contributed by atoms with Gasteiger partial charge in [0.25, 0.3) is 5.91 Å². The van der Waals surface area contributed by atoms with E-state index in [1.54, 1.807) is 6.92 Å². The summed E-state index contributed by atoms with van der Waals surface area (Å²) in [6, 6.07) is 9.50. The lowest BCUT2D eigenvalue weighted by molar-refractivity contribution is -0.131. The molecule has 25 heavy (non-hydrogen) atoms. The third kappa shape index (κ3) is 3.14. The molecule has 0 spiro atoms. The van der Waals surface area contributed by atoms with Gasteiger partial charge < -0.3 is 9.73 Å². The van der Waals surface area contributed by atoms with E-state index in [4.69, 9.17) is 4.42 Å². The maximum absolute atomic E-state index is 12.8. The molecule has 2 fully saturated rings. The van der Waals surface area contributed by atoms with Gasteiger partial charge in [-0.05, 0) is 38.2 Å². The molecule has 1 saturated carbocycles. The Balaban J connectivity index is 1.43. The van der Waals surface area contributed by atoms with E-state index in [1.807, 2.05) is 30.3 Å². The summed E-state index contributed by atoms with van der Waals surface area (Å²) >= 11 is 0. The van der Waals surface area contributed by atoms with Crippen molar-refractivity contribution in [2.45, 2.75) is 50.6 Å². The number of urea groups is 1. The largest absolute Gasteiger partial charge is 0.423 e. The number of aromatic nitrogens is 2. The molecule has 1 saturated heterocycles. The minimum Gasteiger partial charge on any atom is -0.423 e. The van der Waals surface area contributed by atoms with Crippen LogP contribution >= 0.6 is 0 Å². The van der Waals surface area contributed by atoms with Crippen LogP contribution in [-0.4, -0.2) is 32.6 Å². The first kappa shape index (κ1) is 15.8. The van der Waals surface area contributed by atoms with Gasteiger partial charge in [0.15, 0.2) is 0 Å². The predicted molar refractivity (Wildman–Crippen MR) is 88.5 cm³/mol. The third-order valence-electron chi connectivity index (χ3n) is 4.80.